The number of aliphatic imine (C=N–C) groups is 1. The smallest absolute Gasteiger partial charge is 0.251 e. The summed E-state index contributed by atoms with van der Waals surface area (Å²) in [6, 6.07) is 10.4. The molecule has 0 aliphatic heterocycles. The van der Waals surface area contributed by atoms with E-state index < -0.39 is 0 Å². The lowest BCUT2D eigenvalue weighted by atomic mass is 10.1. The first kappa shape index (κ1) is 26.1. The van der Waals surface area contributed by atoms with E-state index in [-0.39, 0.29) is 29.9 Å². The van der Waals surface area contributed by atoms with E-state index in [1.807, 2.05) is 18.2 Å². The number of benzene rings is 2. The number of carbonyl (C=O) groups excluding carboxylic acids is 1. The Kier molecular flexibility index (Phi) is 11.7. The van der Waals surface area contributed by atoms with Crippen molar-refractivity contribution in [2.45, 2.75) is 6.42 Å². The third kappa shape index (κ3) is 8.08. The predicted molar refractivity (Wildman–Crippen MR) is 132 cm³/mol. The van der Waals surface area contributed by atoms with Crippen molar-refractivity contribution < 1.29 is 14.3 Å². The molecule has 10 heteroatoms. The number of amides is 1. The highest BCUT2D eigenvalue weighted by Crippen LogP contribution is 2.27. The molecule has 2 rings (SSSR count). The Morgan fingerprint density at radius 2 is 1.70 bits per heavy atom. The molecule has 0 fully saturated rings. The van der Waals surface area contributed by atoms with Gasteiger partial charge in [0.2, 0.25) is 0 Å². The van der Waals surface area contributed by atoms with Crippen LogP contribution in [0, 0.1) is 0 Å². The lowest BCUT2D eigenvalue weighted by Crippen LogP contribution is -2.38. The molecule has 0 saturated carbocycles. The third-order valence-corrected chi connectivity index (χ3v) is 4.77. The molecule has 0 spiro atoms. The van der Waals surface area contributed by atoms with Crippen LogP contribution in [-0.2, 0) is 6.42 Å². The lowest BCUT2D eigenvalue weighted by Gasteiger charge is -2.09. The van der Waals surface area contributed by atoms with Gasteiger partial charge in [-0.2, -0.15) is 0 Å². The molecular formula is C20H25Cl2IN4O3. The number of rotatable bonds is 9. The number of methoxy groups -OCH3 is 2. The normalized spacial score (nSPS) is 10.7. The third-order valence-electron chi connectivity index (χ3n) is 4.03. The summed E-state index contributed by atoms with van der Waals surface area (Å²) in [5.74, 6) is 1.44. The van der Waals surface area contributed by atoms with Crippen LogP contribution in [0.1, 0.15) is 15.9 Å². The first-order valence-corrected chi connectivity index (χ1v) is 9.68. The highest BCUT2D eigenvalue weighted by molar-refractivity contribution is 14.0. The number of hydrogen-bond acceptors (Lipinski definition) is 4. The molecule has 0 aliphatic carbocycles. The van der Waals surface area contributed by atoms with Gasteiger partial charge in [0.1, 0.15) is 0 Å². The number of hydrogen-bond donors (Lipinski definition) is 3. The van der Waals surface area contributed by atoms with Crippen molar-refractivity contribution in [3.63, 3.8) is 0 Å². The molecule has 0 unspecified atom stereocenters. The van der Waals surface area contributed by atoms with Crippen molar-refractivity contribution >= 4 is 59.0 Å². The Bertz CT molecular complexity index is 881. The summed E-state index contributed by atoms with van der Waals surface area (Å²) < 4.78 is 10.5. The van der Waals surface area contributed by atoms with Crippen LogP contribution in [-0.4, -0.2) is 45.7 Å². The van der Waals surface area contributed by atoms with Crippen molar-refractivity contribution in [2.75, 3.05) is 33.9 Å². The van der Waals surface area contributed by atoms with Crippen molar-refractivity contribution in [2.24, 2.45) is 10.7 Å². The minimum atomic E-state index is -0.241. The summed E-state index contributed by atoms with van der Waals surface area (Å²) in [6.45, 7) is 1.34. The molecule has 0 aliphatic rings. The number of nitrogens with two attached hydrogens (primary N) is 1. The Balaban J connectivity index is 0.00000450. The second-order valence-corrected chi connectivity index (χ2v) is 6.83. The maximum atomic E-state index is 12.1. The average Bonchev–Trinajstić information content (AvgIpc) is 2.72. The molecule has 0 radical (unpaired) electrons. The lowest BCUT2D eigenvalue weighted by molar-refractivity contribution is 0.0954. The largest absolute Gasteiger partial charge is 0.493 e. The van der Waals surface area contributed by atoms with E-state index in [4.69, 9.17) is 38.4 Å². The molecule has 0 saturated heterocycles. The van der Waals surface area contributed by atoms with Gasteiger partial charge in [0.15, 0.2) is 17.5 Å². The standard InChI is InChI=1S/C20H24Cl2N4O3.HI/c1-28-17-6-3-13(11-18(17)29-2)7-8-25-20(23)26-10-9-24-19(27)14-4-5-15(21)16(22)12-14;/h3-6,11-12H,7-10H2,1-2H3,(H,24,27)(H3,23,25,26);1H. The zero-order chi connectivity index (χ0) is 21.2. The van der Waals surface area contributed by atoms with Gasteiger partial charge in [0, 0.05) is 25.2 Å². The number of carbonyl (C=O) groups is 1. The van der Waals surface area contributed by atoms with Gasteiger partial charge < -0.3 is 25.8 Å². The molecule has 7 nitrogen and oxygen atoms in total. The van der Waals surface area contributed by atoms with Crippen LogP contribution in [0.2, 0.25) is 10.0 Å². The van der Waals surface area contributed by atoms with Crippen molar-refractivity contribution in [3.8, 4) is 11.5 Å². The molecule has 164 valence electrons. The highest BCUT2D eigenvalue weighted by atomic mass is 127. The molecule has 0 aromatic heterocycles. The molecule has 0 atom stereocenters. The van der Waals surface area contributed by atoms with Crippen molar-refractivity contribution in [3.05, 3.63) is 57.6 Å². The van der Waals surface area contributed by atoms with Gasteiger partial charge >= 0.3 is 0 Å². The molecule has 2 aromatic carbocycles. The van der Waals surface area contributed by atoms with Gasteiger partial charge in [-0.1, -0.05) is 29.3 Å². The van der Waals surface area contributed by atoms with E-state index in [2.05, 4.69) is 15.6 Å². The summed E-state index contributed by atoms with van der Waals surface area (Å²) in [7, 11) is 3.20. The second kappa shape index (κ2) is 13.4. The van der Waals surface area contributed by atoms with Crippen LogP contribution in [0.25, 0.3) is 0 Å². The summed E-state index contributed by atoms with van der Waals surface area (Å²) in [5, 5.41) is 6.47. The second-order valence-electron chi connectivity index (χ2n) is 6.02. The van der Waals surface area contributed by atoms with Crippen molar-refractivity contribution in [1.29, 1.82) is 0 Å². The zero-order valence-electron chi connectivity index (χ0n) is 16.7. The van der Waals surface area contributed by atoms with Gasteiger partial charge in [-0.3, -0.25) is 9.79 Å². The fourth-order valence-electron chi connectivity index (χ4n) is 2.50. The Morgan fingerprint density at radius 3 is 2.37 bits per heavy atom. The Morgan fingerprint density at radius 1 is 1.00 bits per heavy atom. The molecule has 30 heavy (non-hydrogen) atoms. The van der Waals surface area contributed by atoms with Gasteiger partial charge in [-0.25, -0.2) is 0 Å². The number of nitrogens with one attached hydrogen (secondary N) is 2. The summed E-state index contributed by atoms with van der Waals surface area (Å²) in [6.07, 6.45) is 0.705. The topological polar surface area (TPSA) is 98.0 Å². The van der Waals surface area contributed by atoms with Gasteiger partial charge in [0.25, 0.3) is 5.91 Å². The summed E-state index contributed by atoms with van der Waals surface area (Å²) in [5.41, 5.74) is 7.36. The van der Waals surface area contributed by atoms with Crippen LogP contribution in [0.5, 0.6) is 11.5 Å². The maximum absolute atomic E-state index is 12.1. The van der Waals surface area contributed by atoms with Crippen molar-refractivity contribution in [1.82, 2.24) is 10.6 Å². The molecule has 0 heterocycles. The molecule has 2 aromatic rings. The molecule has 4 N–H and O–H groups in total. The van der Waals surface area contributed by atoms with E-state index in [0.717, 1.165) is 5.56 Å². The van der Waals surface area contributed by atoms with E-state index in [9.17, 15) is 4.79 Å². The van der Waals surface area contributed by atoms with E-state index in [1.54, 1.807) is 26.4 Å². The van der Waals surface area contributed by atoms with Gasteiger partial charge in [-0.15, -0.1) is 24.0 Å². The van der Waals surface area contributed by atoms with Gasteiger partial charge in [0.05, 0.1) is 24.3 Å². The number of halogens is 3. The maximum Gasteiger partial charge on any atom is 0.251 e. The number of ether oxygens (including phenoxy) is 2. The SMILES string of the molecule is COc1ccc(CCN=C(N)NCCNC(=O)c2ccc(Cl)c(Cl)c2)cc1OC.I. The summed E-state index contributed by atoms with van der Waals surface area (Å²) >= 11 is 11.8. The zero-order valence-corrected chi connectivity index (χ0v) is 20.5. The molecular weight excluding hydrogens is 542 g/mol. The van der Waals surface area contributed by atoms with Gasteiger partial charge in [-0.05, 0) is 42.3 Å². The minimum absolute atomic E-state index is 0. The number of nitrogens with zero attached hydrogens (tertiary/aromatic N) is 1. The van der Waals surface area contributed by atoms with E-state index in [0.29, 0.717) is 59.1 Å². The first-order valence-electron chi connectivity index (χ1n) is 8.92. The molecule has 0 bridgehead atoms. The molecule has 1 amide bonds. The highest BCUT2D eigenvalue weighted by Gasteiger charge is 2.07. The first-order chi connectivity index (χ1) is 13.9. The van der Waals surface area contributed by atoms with E-state index >= 15 is 0 Å². The predicted octanol–water partition coefficient (Wildman–Crippen LogP) is 3.51. The summed E-state index contributed by atoms with van der Waals surface area (Å²) in [4.78, 5) is 16.3. The van der Waals surface area contributed by atoms with Crippen LogP contribution in [0.15, 0.2) is 41.4 Å². The Labute approximate surface area is 203 Å². The monoisotopic (exact) mass is 566 g/mol. The fraction of sp³-hybridized carbons (Fsp3) is 0.300. The fourth-order valence-corrected chi connectivity index (χ4v) is 2.80. The van der Waals surface area contributed by atoms with Crippen LogP contribution in [0.4, 0.5) is 0 Å². The van der Waals surface area contributed by atoms with Crippen LogP contribution >= 0.6 is 47.2 Å². The number of guanidine groups is 1. The minimum Gasteiger partial charge on any atom is -0.493 e. The van der Waals surface area contributed by atoms with Crippen LogP contribution in [0.3, 0.4) is 0 Å². The van der Waals surface area contributed by atoms with E-state index in [1.165, 1.54) is 6.07 Å². The van der Waals surface area contributed by atoms with Crippen LogP contribution < -0.4 is 25.8 Å². The quantitative estimate of drug-likeness (QED) is 0.187. The average molecular weight is 567 g/mol. The Hall–Kier alpha value is -1.91.